The van der Waals surface area contributed by atoms with Crippen LogP contribution in [-0.2, 0) is 0 Å². The quantitative estimate of drug-likeness (QED) is 0.481. The molecule has 0 nitrogen and oxygen atoms in total. The van der Waals surface area contributed by atoms with Gasteiger partial charge in [0.2, 0.25) is 0 Å². The van der Waals surface area contributed by atoms with Gasteiger partial charge in [-0.1, -0.05) is 101 Å². The third-order valence-electron chi connectivity index (χ3n) is 7.11. The first kappa shape index (κ1) is 16.7. The Morgan fingerprint density at radius 1 is 0.636 bits per heavy atom. The van der Waals surface area contributed by atoms with Gasteiger partial charge in [0.05, 0.1) is 0 Å². The van der Waals surface area contributed by atoms with Gasteiger partial charge in [0.15, 0.2) is 6.71 Å². The number of hydrogen-bond acceptors (Lipinski definition) is 0. The zero-order chi connectivity index (χ0) is 15.2. The van der Waals surface area contributed by atoms with Crippen molar-refractivity contribution < 1.29 is 0 Å². The molecule has 0 saturated heterocycles. The highest BCUT2D eigenvalue weighted by atomic mass is 14.3. The minimum atomic E-state index is 0.951. The van der Waals surface area contributed by atoms with Crippen LogP contribution in [0.25, 0.3) is 0 Å². The maximum absolute atomic E-state index is 2.59. The summed E-state index contributed by atoms with van der Waals surface area (Å²) in [6.45, 7) is 3.33. The van der Waals surface area contributed by atoms with Crippen LogP contribution in [0.1, 0.15) is 103 Å². The van der Waals surface area contributed by atoms with Crippen LogP contribution in [0.15, 0.2) is 11.5 Å². The highest BCUT2D eigenvalue weighted by Gasteiger charge is 2.39. The Morgan fingerprint density at radius 2 is 1.05 bits per heavy atom. The van der Waals surface area contributed by atoms with Crippen molar-refractivity contribution in [3.8, 4) is 0 Å². The topological polar surface area (TPSA) is 0 Å². The third kappa shape index (κ3) is 4.01. The van der Waals surface area contributed by atoms with Gasteiger partial charge < -0.3 is 0 Å². The first-order valence-corrected chi connectivity index (χ1v) is 10.6. The summed E-state index contributed by atoms with van der Waals surface area (Å²) in [6, 6.07) is 0. The molecule has 3 aliphatic rings. The highest BCUT2D eigenvalue weighted by Crippen LogP contribution is 2.47. The van der Waals surface area contributed by atoms with Crippen LogP contribution in [0, 0.1) is 5.92 Å². The first-order chi connectivity index (χ1) is 10.9. The Kier molecular flexibility index (Phi) is 6.51. The lowest BCUT2D eigenvalue weighted by Crippen LogP contribution is -2.35. The molecule has 0 aliphatic heterocycles. The summed E-state index contributed by atoms with van der Waals surface area (Å²) < 4.78 is 0. The summed E-state index contributed by atoms with van der Waals surface area (Å²) in [7, 11) is 0. The minimum Gasteiger partial charge on any atom is -0.102 e. The monoisotopic (exact) mass is 300 g/mol. The van der Waals surface area contributed by atoms with E-state index in [2.05, 4.69) is 13.0 Å². The van der Waals surface area contributed by atoms with E-state index in [0.717, 1.165) is 24.3 Å². The molecule has 0 aromatic carbocycles. The molecule has 1 heteroatoms. The summed E-state index contributed by atoms with van der Waals surface area (Å²) in [5.41, 5.74) is 1.93. The first-order valence-electron chi connectivity index (χ1n) is 10.6. The lowest BCUT2D eigenvalue weighted by molar-refractivity contribution is 0.404. The van der Waals surface area contributed by atoms with Crippen molar-refractivity contribution in [2.45, 2.75) is 115 Å². The van der Waals surface area contributed by atoms with Gasteiger partial charge in [-0.2, -0.15) is 0 Å². The average molecular weight is 300 g/mol. The largest absolute Gasteiger partial charge is 0.176 e. The summed E-state index contributed by atoms with van der Waals surface area (Å²) in [4.78, 5) is 0. The summed E-state index contributed by atoms with van der Waals surface area (Å²) in [6.07, 6.45) is 25.2. The van der Waals surface area contributed by atoms with Crippen LogP contribution >= 0.6 is 0 Å². The van der Waals surface area contributed by atoms with E-state index >= 15 is 0 Å². The molecule has 3 fully saturated rings. The maximum atomic E-state index is 2.59. The normalized spacial score (nSPS) is 27.0. The van der Waals surface area contributed by atoms with E-state index in [1.807, 2.05) is 5.47 Å². The molecule has 0 bridgehead atoms. The lowest BCUT2D eigenvalue weighted by atomic mass is 9.25. The Labute approximate surface area is 139 Å². The minimum absolute atomic E-state index is 0.951. The molecule has 3 rings (SSSR count). The van der Waals surface area contributed by atoms with E-state index in [4.69, 9.17) is 0 Å². The highest BCUT2D eigenvalue weighted by molar-refractivity contribution is 6.69. The van der Waals surface area contributed by atoms with Gasteiger partial charge in [-0.05, 0) is 25.7 Å². The second-order valence-corrected chi connectivity index (χ2v) is 8.45. The smallest absolute Gasteiger partial charge is 0.102 e. The Hall–Kier alpha value is -0.195. The van der Waals surface area contributed by atoms with Crippen LogP contribution in [-0.4, -0.2) is 6.71 Å². The van der Waals surface area contributed by atoms with Gasteiger partial charge in [-0.3, -0.25) is 0 Å². The van der Waals surface area contributed by atoms with Crippen molar-refractivity contribution in [3.63, 3.8) is 0 Å². The lowest BCUT2D eigenvalue weighted by Gasteiger charge is -2.40. The number of rotatable bonds is 4. The summed E-state index contributed by atoms with van der Waals surface area (Å²) in [5.74, 6) is 3.02. The zero-order valence-corrected chi connectivity index (χ0v) is 15.0. The predicted molar refractivity (Wildman–Crippen MR) is 99.8 cm³/mol. The van der Waals surface area contributed by atoms with E-state index in [-0.39, 0.29) is 0 Å². The number of hydrogen-bond donors (Lipinski definition) is 0. The SMILES string of the molecule is C/C=C(/B(C1CCCCC1)C1CCCCC1)C1CCCCC1. The molecule has 0 spiro atoms. The van der Waals surface area contributed by atoms with Gasteiger partial charge in [-0.25, -0.2) is 0 Å². The average Bonchev–Trinajstić information content (AvgIpc) is 2.62. The van der Waals surface area contributed by atoms with E-state index in [0.29, 0.717) is 0 Å². The Balaban J connectivity index is 1.78. The van der Waals surface area contributed by atoms with Crippen molar-refractivity contribution in [2.75, 3.05) is 0 Å². The van der Waals surface area contributed by atoms with E-state index in [1.54, 1.807) is 0 Å². The van der Waals surface area contributed by atoms with E-state index in [9.17, 15) is 0 Å². The molecule has 0 aromatic rings. The second kappa shape index (κ2) is 8.60. The van der Waals surface area contributed by atoms with Crippen molar-refractivity contribution >= 4 is 6.71 Å². The van der Waals surface area contributed by atoms with Crippen LogP contribution in [0.5, 0.6) is 0 Å². The Bertz CT molecular complexity index is 323. The fourth-order valence-corrected chi connectivity index (χ4v) is 6.05. The molecule has 124 valence electrons. The molecule has 0 heterocycles. The predicted octanol–water partition coefficient (Wildman–Crippen LogP) is 7.22. The molecule has 0 radical (unpaired) electrons. The fourth-order valence-electron chi connectivity index (χ4n) is 6.05. The molecule has 0 amide bonds. The summed E-state index contributed by atoms with van der Waals surface area (Å²) in [5, 5.41) is 0. The van der Waals surface area contributed by atoms with Crippen LogP contribution in [0.2, 0.25) is 11.6 Å². The molecular formula is C21H37B. The van der Waals surface area contributed by atoms with Gasteiger partial charge in [-0.15, -0.1) is 5.47 Å². The van der Waals surface area contributed by atoms with Gasteiger partial charge in [0.1, 0.15) is 0 Å². The van der Waals surface area contributed by atoms with Crippen molar-refractivity contribution in [1.29, 1.82) is 0 Å². The third-order valence-corrected chi connectivity index (χ3v) is 7.11. The van der Waals surface area contributed by atoms with Gasteiger partial charge >= 0.3 is 0 Å². The van der Waals surface area contributed by atoms with Crippen LogP contribution in [0.3, 0.4) is 0 Å². The van der Waals surface area contributed by atoms with Gasteiger partial charge in [0, 0.05) is 0 Å². The standard InChI is InChI=1S/C21H37B/c1-2-21(18-12-6-3-7-13-18)22(19-14-8-4-9-15-19)20-16-10-5-11-17-20/h2,18-20H,3-17H2,1H3/b21-2+. The molecular weight excluding hydrogens is 263 g/mol. The number of allylic oxidation sites excluding steroid dienone is 2. The molecule has 0 unspecified atom stereocenters. The van der Waals surface area contributed by atoms with Crippen LogP contribution < -0.4 is 0 Å². The van der Waals surface area contributed by atoms with Crippen molar-refractivity contribution in [1.82, 2.24) is 0 Å². The molecule has 0 N–H and O–H groups in total. The molecule has 22 heavy (non-hydrogen) atoms. The van der Waals surface area contributed by atoms with Crippen molar-refractivity contribution in [2.24, 2.45) is 5.92 Å². The molecule has 0 atom stereocenters. The molecule has 3 aliphatic carbocycles. The summed E-state index contributed by atoms with van der Waals surface area (Å²) >= 11 is 0. The van der Waals surface area contributed by atoms with E-state index in [1.165, 1.54) is 96.3 Å². The zero-order valence-electron chi connectivity index (χ0n) is 15.0. The fraction of sp³-hybridized carbons (Fsp3) is 0.905. The molecule has 3 saturated carbocycles. The molecule has 0 aromatic heterocycles. The maximum Gasteiger partial charge on any atom is 0.176 e. The van der Waals surface area contributed by atoms with Gasteiger partial charge in [0.25, 0.3) is 0 Å². The van der Waals surface area contributed by atoms with Crippen molar-refractivity contribution in [3.05, 3.63) is 11.5 Å². The van der Waals surface area contributed by atoms with Crippen LogP contribution in [0.4, 0.5) is 0 Å². The second-order valence-electron chi connectivity index (χ2n) is 8.45. The Morgan fingerprint density at radius 3 is 1.45 bits per heavy atom. The van der Waals surface area contributed by atoms with E-state index < -0.39 is 0 Å².